The number of hydrogen-bond donors (Lipinski definition) is 0. The molecule has 0 radical (unpaired) electrons. The van der Waals surface area contributed by atoms with Crippen molar-refractivity contribution in [2.24, 2.45) is 0 Å². The molecule has 136 valence electrons. The highest BCUT2D eigenvalue weighted by molar-refractivity contribution is 6.24. The summed E-state index contributed by atoms with van der Waals surface area (Å²) in [5, 5.41) is 0. The van der Waals surface area contributed by atoms with Crippen LogP contribution in [0, 0.1) is 0 Å². The van der Waals surface area contributed by atoms with Crippen LogP contribution in [0.25, 0.3) is 0 Å². The van der Waals surface area contributed by atoms with Gasteiger partial charge in [-0.2, -0.15) is 13.2 Å². The molecular weight excluding hydrogens is 365 g/mol. The summed E-state index contributed by atoms with van der Waals surface area (Å²) in [5.74, 6) is -5.01. The van der Waals surface area contributed by atoms with Gasteiger partial charge in [-0.05, 0) is 29.3 Å². The quantitative estimate of drug-likeness (QED) is 0.594. The second kappa shape index (κ2) is 5.60. The Morgan fingerprint density at radius 3 is 1.89 bits per heavy atom. The zero-order chi connectivity index (χ0) is 19.5. The third kappa shape index (κ3) is 2.64. The molecule has 0 saturated carbocycles. The lowest BCUT2D eigenvalue weighted by atomic mass is 9.87. The Labute approximate surface area is 149 Å². The van der Waals surface area contributed by atoms with Crippen LogP contribution >= 0.6 is 0 Å². The van der Waals surface area contributed by atoms with Crippen molar-refractivity contribution in [1.82, 2.24) is 0 Å². The van der Waals surface area contributed by atoms with E-state index >= 15 is 0 Å². The summed E-state index contributed by atoms with van der Waals surface area (Å²) in [7, 11) is 0. The van der Waals surface area contributed by atoms with Gasteiger partial charge in [0.1, 0.15) is 5.92 Å². The van der Waals surface area contributed by atoms with Gasteiger partial charge >= 0.3 is 18.1 Å². The van der Waals surface area contributed by atoms with Crippen LogP contribution in [0.5, 0.6) is 0 Å². The number of carbonyl (C=O) groups is 4. The molecule has 1 heterocycles. The minimum atomic E-state index is -4.74. The molecule has 0 N–H and O–H groups in total. The highest BCUT2D eigenvalue weighted by Crippen LogP contribution is 2.42. The third-order valence-corrected chi connectivity index (χ3v) is 4.63. The summed E-state index contributed by atoms with van der Waals surface area (Å²) in [6.07, 6.45) is -5.09. The molecule has 0 saturated heterocycles. The van der Waals surface area contributed by atoms with E-state index in [0.29, 0.717) is 0 Å². The Balaban J connectivity index is 1.86. The van der Waals surface area contributed by atoms with Gasteiger partial charge in [0, 0.05) is 11.1 Å². The number of esters is 2. The molecule has 1 unspecified atom stereocenters. The number of Topliss-reactive ketones (excluding diaryl/α,β-unsaturated/α-hetero) is 2. The number of rotatable bonds is 2. The topological polar surface area (TPSA) is 77.5 Å². The molecule has 4 rings (SSSR count). The van der Waals surface area contributed by atoms with Gasteiger partial charge < -0.3 is 4.74 Å². The smallest absolute Gasteiger partial charge is 0.386 e. The van der Waals surface area contributed by atoms with E-state index in [-0.39, 0.29) is 39.8 Å². The minimum Gasteiger partial charge on any atom is -0.386 e. The van der Waals surface area contributed by atoms with E-state index in [1.165, 1.54) is 6.07 Å². The number of alkyl halides is 3. The summed E-state index contributed by atoms with van der Waals surface area (Å²) in [4.78, 5) is 46.7. The fourth-order valence-electron chi connectivity index (χ4n) is 3.40. The van der Waals surface area contributed by atoms with Crippen molar-refractivity contribution in [3.8, 4) is 0 Å². The number of benzene rings is 2. The molecule has 8 heteroatoms. The molecule has 1 aliphatic heterocycles. The van der Waals surface area contributed by atoms with Crippen molar-refractivity contribution in [2.75, 3.05) is 0 Å². The van der Waals surface area contributed by atoms with Crippen LogP contribution in [0.15, 0.2) is 36.4 Å². The van der Waals surface area contributed by atoms with Gasteiger partial charge in [-0.1, -0.05) is 18.2 Å². The first kappa shape index (κ1) is 17.1. The van der Waals surface area contributed by atoms with Gasteiger partial charge in [-0.3, -0.25) is 9.59 Å². The van der Waals surface area contributed by atoms with Crippen LogP contribution in [-0.2, 0) is 4.74 Å². The second-order valence-electron chi connectivity index (χ2n) is 6.28. The zero-order valence-electron chi connectivity index (χ0n) is 13.4. The molecule has 0 amide bonds. The van der Waals surface area contributed by atoms with E-state index < -0.39 is 35.6 Å². The Morgan fingerprint density at radius 1 is 0.741 bits per heavy atom. The predicted molar refractivity (Wildman–Crippen MR) is 83.8 cm³/mol. The summed E-state index contributed by atoms with van der Waals surface area (Å²) >= 11 is 0. The molecule has 2 aromatic rings. The van der Waals surface area contributed by atoms with Crippen molar-refractivity contribution in [2.45, 2.75) is 18.5 Å². The van der Waals surface area contributed by atoms with Crippen molar-refractivity contribution in [1.29, 1.82) is 0 Å². The number of hydrogen-bond acceptors (Lipinski definition) is 5. The van der Waals surface area contributed by atoms with Crippen LogP contribution < -0.4 is 0 Å². The van der Waals surface area contributed by atoms with E-state index in [0.717, 1.165) is 30.3 Å². The van der Waals surface area contributed by atoms with Crippen LogP contribution in [0.3, 0.4) is 0 Å². The summed E-state index contributed by atoms with van der Waals surface area (Å²) in [6.45, 7) is 0. The lowest BCUT2D eigenvalue weighted by molar-refractivity contribution is -0.141. The highest BCUT2D eigenvalue weighted by Gasteiger charge is 2.44. The maximum Gasteiger partial charge on any atom is 0.399 e. The zero-order valence-corrected chi connectivity index (χ0v) is 13.4. The first-order valence-electron chi connectivity index (χ1n) is 7.84. The van der Waals surface area contributed by atoms with Gasteiger partial charge in [-0.15, -0.1) is 0 Å². The van der Waals surface area contributed by atoms with E-state index in [9.17, 15) is 32.3 Å². The summed E-state index contributed by atoms with van der Waals surface area (Å²) in [5.41, 5.74) is -0.777. The fourth-order valence-corrected chi connectivity index (χ4v) is 3.40. The standard InChI is InChI=1S/C19H9F3O5/c20-19(21,22)16(8-1-3-10-12(5-8)15(24)7-14(10)23)9-2-4-11-13(6-9)18(26)27-17(11)25/h1-6,16H,7H2. The summed E-state index contributed by atoms with van der Waals surface area (Å²) < 4.78 is 45.8. The number of halogens is 3. The van der Waals surface area contributed by atoms with E-state index in [4.69, 9.17) is 0 Å². The number of carbonyl (C=O) groups excluding carboxylic acids is 4. The second-order valence-corrected chi connectivity index (χ2v) is 6.28. The monoisotopic (exact) mass is 374 g/mol. The number of cyclic esters (lactones) is 2. The van der Waals surface area contributed by atoms with Gasteiger partial charge in [0.15, 0.2) is 11.6 Å². The maximum absolute atomic E-state index is 13.8. The normalized spacial score (nSPS) is 17.0. The average molecular weight is 374 g/mol. The van der Waals surface area contributed by atoms with E-state index in [2.05, 4.69) is 4.74 Å². The molecule has 0 bridgehead atoms. The van der Waals surface area contributed by atoms with Gasteiger partial charge in [0.05, 0.1) is 17.5 Å². The predicted octanol–water partition coefficient (Wildman–Crippen LogP) is 3.46. The van der Waals surface area contributed by atoms with Crippen molar-refractivity contribution < 1.29 is 37.1 Å². The molecule has 1 aliphatic carbocycles. The van der Waals surface area contributed by atoms with Gasteiger partial charge in [-0.25, -0.2) is 9.59 Å². The van der Waals surface area contributed by atoms with Crippen LogP contribution in [-0.4, -0.2) is 29.7 Å². The number of ether oxygens (including phenoxy) is 1. The Kier molecular flexibility index (Phi) is 3.56. The van der Waals surface area contributed by atoms with Crippen molar-refractivity contribution in [3.63, 3.8) is 0 Å². The lowest BCUT2D eigenvalue weighted by Crippen LogP contribution is -2.22. The van der Waals surface area contributed by atoms with Crippen molar-refractivity contribution >= 4 is 23.5 Å². The molecule has 27 heavy (non-hydrogen) atoms. The Bertz CT molecular complexity index is 974. The number of fused-ring (bicyclic) bond motifs is 2. The minimum absolute atomic E-state index is 0.0394. The molecule has 0 spiro atoms. The molecule has 2 aromatic carbocycles. The highest BCUT2D eigenvalue weighted by atomic mass is 19.4. The summed E-state index contributed by atoms with van der Waals surface area (Å²) in [6, 6.07) is 6.60. The van der Waals surface area contributed by atoms with Gasteiger partial charge in [0.2, 0.25) is 0 Å². The molecule has 2 aliphatic rings. The van der Waals surface area contributed by atoms with Gasteiger partial charge in [0.25, 0.3) is 0 Å². The van der Waals surface area contributed by atoms with Crippen LogP contribution in [0.2, 0.25) is 0 Å². The lowest BCUT2D eigenvalue weighted by Gasteiger charge is -2.22. The molecule has 5 nitrogen and oxygen atoms in total. The van der Waals surface area contributed by atoms with E-state index in [1.54, 1.807) is 0 Å². The largest absolute Gasteiger partial charge is 0.399 e. The van der Waals surface area contributed by atoms with E-state index in [1.807, 2.05) is 0 Å². The first-order valence-corrected chi connectivity index (χ1v) is 7.84. The Hall–Kier alpha value is -3.29. The molecule has 0 aromatic heterocycles. The Morgan fingerprint density at radius 2 is 1.26 bits per heavy atom. The molecule has 1 atom stereocenters. The fraction of sp³-hybridized carbons (Fsp3) is 0.158. The number of ketones is 2. The SMILES string of the molecule is O=C1CC(=O)c2cc(C(c3ccc4c(c3)C(=O)OC4=O)C(F)(F)F)ccc21. The molecular formula is C19H9F3O5. The van der Waals surface area contributed by atoms with Crippen LogP contribution in [0.4, 0.5) is 13.2 Å². The molecule has 0 fully saturated rings. The average Bonchev–Trinajstić information content (AvgIpc) is 3.03. The first-order chi connectivity index (χ1) is 12.7. The third-order valence-electron chi connectivity index (χ3n) is 4.63. The van der Waals surface area contributed by atoms with Crippen LogP contribution in [0.1, 0.15) is 64.9 Å². The van der Waals surface area contributed by atoms with Crippen molar-refractivity contribution in [3.05, 3.63) is 69.8 Å². The maximum atomic E-state index is 13.8.